The van der Waals surface area contributed by atoms with E-state index in [9.17, 15) is 9.50 Å². The van der Waals surface area contributed by atoms with Crippen LogP contribution in [0.5, 0.6) is 0 Å². The highest BCUT2D eigenvalue weighted by molar-refractivity contribution is 5.23. The fourth-order valence-corrected chi connectivity index (χ4v) is 5.54. The van der Waals surface area contributed by atoms with E-state index in [2.05, 4.69) is 0 Å². The lowest BCUT2D eigenvalue weighted by Crippen LogP contribution is -2.49. The maximum Gasteiger partial charge on any atom is 0.129 e. The van der Waals surface area contributed by atoms with Gasteiger partial charge in [-0.25, -0.2) is 4.39 Å². The molecule has 1 aromatic rings. The van der Waals surface area contributed by atoms with Gasteiger partial charge in [0, 0.05) is 11.0 Å². The molecule has 19 heavy (non-hydrogen) atoms. The van der Waals surface area contributed by atoms with E-state index in [4.69, 9.17) is 0 Å². The van der Waals surface area contributed by atoms with Crippen molar-refractivity contribution in [1.82, 2.24) is 0 Å². The Morgan fingerprint density at radius 2 is 1.53 bits per heavy atom. The van der Waals surface area contributed by atoms with Crippen LogP contribution >= 0.6 is 0 Å². The van der Waals surface area contributed by atoms with Gasteiger partial charge in [-0.1, -0.05) is 18.2 Å². The summed E-state index contributed by atoms with van der Waals surface area (Å²) < 4.78 is 14.0. The third-order valence-corrected chi connectivity index (χ3v) is 5.87. The highest BCUT2D eigenvalue weighted by Gasteiger charge is 2.54. The normalized spacial score (nSPS) is 41.5. The molecule has 1 nitrogen and oxygen atoms in total. The zero-order valence-corrected chi connectivity index (χ0v) is 11.2. The molecule has 0 aromatic heterocycles. The lowest BCUT2D eigenvalue weighted by molar-refractivity contribution is -0.123. The van der Waals surface area contributed by atoms with E-state index in [1.807, 2.05) is 6.07 Å². The average molecular weight is 260 g/mol. The van der Waals surface area contributed by atoms with Crippen LogP contribution in [0, 0.1) is 29.0 Å². The Labute approximate surface area is 113 Å². The predicted molar refractivity (Wildman–Crippen MR) is 72.0 cm³/mol. The number of hydrogen-bond acceptors (Lipinski definition) is 1. The number of aliphatic hydroxyl groups is 1. The first kappa shape index (κ1) is 11.9. The summed E-state index contributed by atoms with van der Waals surface area (Å²) in [4.78, 5) is 0. The van der Waals surface area contributed by atoms with Gasteiger partial charge in [0.1, 0.15) is 5.82 Å². The maximum atomic E-state index is 14.0. The third kappa shape index (κ3) is 1.76. The predicted octanol–water partition coefficient (Wildman–Crippen LogP) is 4.08. The Hall–Kier alpha value is -0.890. The molecule has 4 fully saturated rings. The minimum atomic E-state index is -0.609. The second kappa shape index (κ2) is 4.05. The van der Waals surface area contributed by atoms with Gasteiger partial charge in [0.05, 0.1) is 6.10 Å². The first-order valence-electron chi connectivity index (χ1n) is 7.59. The van der Waals surface area contributed by atoms with E-state index in [-0.39, 0.29) is 11.2 Å². The summed E-state index contributed by atoms with van der Waals surface area (Å²) in [6.07, 6.45) is 6.76. The van der Waals surface area contributed by atoms with Gasteiger partial charge in [-0.05, 0) is 62.3 Å². The van der Waals surface area contributed by atoms with Gasteiger partial charge < -0.3 is 5.11 Å². The first-order chi connectivity index (χ1) is 9.16. The zero-order valence-electron chi connectivity index (χ0n) is 11.2. The molecular formula is C17H21FO. The molecule has 4 bridgehead atoms. The van der Waals surface area contributed by atoms with Crippen molar-refractivity contribution in [2.45, 2.75) is 44.6 Å². The van der Waals surface area contributed by atoms with E-state index < -0.39 is 6.10 Å². The van der Waals surface area contributed by atoms with Gasteiger partial charge >= 0.3 is 0 Å². The lowest BCUT2D eigenvalue weighted by Gasteiger charge is -2.58. The van der Waals surface area contributed by atoms with Crippen molar-refractivity contribution in [2.75, 3.05) is 0 Å². The Bertz CT molecular complexity index is 461. The summed E-state index contributed by atoms with van der Waals surface area (Å²) in [6, 6.07) is 6.77. The largest absolute Gasteiger partial charge is 0.388 e. The smallest absolute Gasteiger partial charge is 0.129 e. The molecule has 4 aliphatic rings. The van der Waals surface area contributed by atoms with Crippen molar-refractivity contribution >= 4 is 0 Å². The number of hydrogen-bond donors (Lipinski definition) is 1. The van der Waals surface area contributed by atoms with E-state index in [1.165, 1.54) is 25.3 Å². The monoisotopic (exact) mass is 260 g/mol. The number of aliphatic hydroxyl groups excluding tert-OH is 1. The van der Waals surface area contributed by atoms with Crippen LogP contribution in [0.3, 0.4) is 0 Å². The first-order valence-corrected chi connectivity index (χ1v) is 7.59. The molecule has 0 saturated heterocycles. The van der Waals surface area contributed by atoms with Crippen molar-refractivity contribution in [3.05, 3.63) is 35.6 Å². The minimum absolute atomic E-state index is 0.0308. The molecule has 102 valence electrons. The van der Waals surface area contributed by atoms with Crippen LogP contribution in [-0.4, -0.2) is 5.11 Å². The molecule has 0 amide bonds. The van der Waals surface area contributed by atoms with Gasteiger partial charge in [-0.2, -0.15) is 0 Å². The summed E-state index contributed by atoms with van der Waals surface area (Å²) in [6.45, 7) is 0. The number of rotatable bonds is 2. The van der Waals surface area contributed by atoms with Gasteiger partial charge in [0.25, 0.3) is 0 Å². The van der Waals surface area contributed by atoms with Crippen molar-refractivity contribution in [3.8, 4) is 0 Å². The Balaban J connectivity index is 1.70. The Kier molecular flexibility index (Phi) is 2.54. The van der Waals surface area contributed by atoms with Gasteiger partial charge in [-0.15, -0.1) is 0 Å². The van der Waals surface area contributed by atoms with Crippen molar-refractivity contribution in [2.24, 2.45) is 23.2 Å². The van der Waals surface area contributed by atoms with Crippen LogP contribution in [0.25, 0.3) is 0 Å². The van der Waals surface area contributed by atoms with Gasteiger partial charge in [0.2, 0.25) is 0 Å². The van der Waals surface area contributed by atoms with Crippen LogP contribution in [0.1, 0.15) is 50.2 Å². The fourth-order valence-electron chi connectivity index (χ4n) is 5.54. The molecule has 1 N–H and O–H groups in total. The summed E-state index contributed by atoms with van der Waals surface area (Å²) in [5.41, 5.74) is 0.487. The summed E-state index contributed by atoms with van der Waals surface area (Å²) in [5, 5.41) is 10.8. The Morgan fingerprint density at radius 3 is 2.05 bits per heavy atom. The highest BCUT2D eigenvalue weighted by Crippen LogP contribution is 2.64. The van der Waals surface area contributed by atoms with E-state index in [0.29, 0.717) is 5.56 Å². The van der Waals surface area contributed by atoms with Crippen LogP contribution in [0.15, 0.2) is 24.3 Å². The SMILES string of the molecule is OC(c1ccccc1F)C12CC3CC(CC(C3)C1)C2. The fraction of sp³-hybridized carbons (Fsp3) is 0.647. The van der Waals surface area contributed by atoms with Crippen molar-refractivity contribution in [3.63, 3.8) is 0 Å². The van der Waals surface area contributed by atoms with Crippen LogP contribution in [0.2, 0.25) is 0 Å². The van der Waals surface area contributed by atoms with Crippen LogP contribution < -0.4 is 0 Å². The molecule has 4 saturated carbocycles. The summed E-state index contributed by atoms with van der Waals surface area (Å²) in [7, 11) is 0. The lowest BCUT2D eigenvalue weighted by atomic mass is 9.47. The third-order valence-electron chi connectivity index (χ3n) is 5.87. The van der Waals surface area contributed by atoms with Crippen LogP contribution in [-0.2, 0) is 0 Å². The molecule has 4 aliphatic carbocycles. The average Bonchev–Trinajstić information content (AvgIpc) is 2.37. The van der Waals surface area contributed by atoms with Gasteiger partial charge in [-0.3, -0.25) is 0 Å². The molecule has 0 heterocycles. The van der Waals surface area contributed by atoms with E-state index in [1.54, 1.807) is 12.1 Å². The standard InChI is InChI=1S/C17H21FO/c18-15-4-2-1-3-14(15)16(19)17-8-11-5-12(9-17)7-13(6-11)10-17/h1-4,11-13,16,19H,5-10H2. The molecule has 0 radical (unpaired) electrons. The molecule has 1 aromatic carbocycles. The number of halogens is 1. The summed E-state index contributed by atoms with van der Waals surface area (Å²) >= 11 is 0. The molecule has 5 rings (SSSR count). The van der Waals surface area contributed by atoms with Crippen LogP contribution in [0.4, 0.5) is 4.39 Å². The Morgan fingerprint density at radius 1 is 1.00 bits per heavy atom. The zero-order chi connectivity index (χ0) is 13.0. The maximum absolute atomic E-state index is 14.0. The van der Waals surface area contributed by atoms with Crippen molar-refractivity contribution in [1.29, 1.82) is 0 Å². The molecule has 1 unspecified atom stereocenters. The summed E-state index contributed by atoms with van der Waals surface area (Å²) in [5.74, 6) is 2.11. The highest BCUT2D eigenvalue weighted by atomic mass is 19.1. The quantitative estimate of drug-likeness (QED) is 0.849. The molecular weight excluding hydrogens is 239 g/mol. The molecule has 2 heteroatoms. The second-order valence-electron chi connectivity index (χ2n) is 7.20. The number of benzene rings is 1. The van der Waals surface area contributed by atoms with Crippen molar-refractivity contribution < 1.29 is 9.50 Å². The van der Waals surface area contributed by atoms with E-state index >= 15 is 0 Å². The molecule has 0 aliphatic heterocycles. The minimum Gasteiger partial charge on any atom is -0.388 e. The topological polar surface area (TPSA) is 20.2 Å². The molecule has 1 atom stereocenters. The molecule has 0 spiro atoms. The van der Waals surface area contributed by atoms with E-state index in [0.717, 1.165) is 37.0 Å². The van der Waals surface area contributed by atoms with Gasteiger partial charge in [0.15, 0.2) is 0 Å². The second-order valence-corrected chi connectivity index (χ2v) is 7.20.